The number of ether oxygens (including phenoxy) is 3. The van der Waals surface area contributed by atoms with Gasteiger partial charge in [0.15, 0.2) is 12.0 Å². The molecule has 1 N–H and O–H groups in total. The van der Waals surface area contributed by atoms with E-state index in [4.69, 9.17) is 14.2 Å². The van der Waals surface area contributed by atoms with Gasteiger partial charge in [-0.15, -0.1) is 0 Å². The Balaban J connectivity index is 1.43. The monoisotopic (exact) mass is 336 g/mol. The molecule has 2 aromatic carbocycles. The van der Waals surface area contributed by atoms with E-state index >= 15 is 0 Å². The molecule has 0 fully saturated rings. The number of carbonyl (C=O) groups is 1. The fraction of sp³-hybridized carbons (Fsp3) is 0.158. The number of benzene rings is 2. The first-order valence-corrected chi connectivity index (χ1v) is 7.97. The maximum absolute atomic E-state index is 12.0. The average molecular weight is 336 g/mol. The summed E-state index contributed by atoms with van der Waals surface area (Å²) in [4.78, 5) is 12.0. The number of hydrogen-bond donors (Lipinski definition) is 1. The van der Waals surface area contributed by atoms with Crippen LogP contribution in [-0.2, 0) is 27.1 Å². The Morgan fingerprint density at radius 2 is 2.04 bits per heavy atom. The number of esters is 1. The first kappa shape index (κ1) is 15.3. The lowest BCUT2D eigenvalue weighted by atomic mass is 10.0. The number of aromatic amines is 1. The highest BCUT2D eigenvalue weighted by Gasteiger charge is 2.18. The minimum atomic E-state index is -0.579. The minimum absolute atomic E-state index is 0.0466. The Hall–Kier alpha value is -3.28. The zero-order chi connectivity index (χ0) is 17.1. The highest BCUT2D eigenvalue weighted by Crippen LogP contribution is 2.20. The number of hydrogen-bond acceptors (Lipinski definition) is 5. The molecule has 6 nitrogen and oxygen atoms in total. The van der Waals surface area contributed by atoms with Crippen molar-refractivity contribution in [2.75, 3.05) is 6.79 Å². The highest BCUT2D eigenvalue weighted by atomic mass is 16.8. The van der Waals surface area contributed by atoms with Gasteiger partial charge in [0.05, 0.1) is 0 Å². The van der Waals surface area contributed by atoms with Crippen LogP contribution in [0.4, 0.5) is 0 Å². The van der Waals surface area contributed by atoms with Crippen molar-refractivity contribution < 1.29 is 19.0 Å². The minimum Gasteiger partial charge on any atom is -0.458 e. The first-order valence-electron chi connectivity index (χ1n) is 7.97. The van der Waals surface area contributed by atoms with Crippen molar-refractivity contribution >= 4 is 16.7 Å². The van der Waals surface area contributed by atoms with Crippen molar-refractivity contribution in [3.05, 3.63) is 77.7 Å². The topological polar surface area (TPSA) is 73.4 Å². The molecule has 6 heteroatoms. The molecule has 1 aliphatic rings. The third kappa shape index (κ3) is 3.33. The van der Waals surface area contributed by atoms with Crippen molar-refractivity contribution in [1.29, 1.82) is 0 Å². The third-order valence-electron chi connectivity index (χ3n) is 4.03. The molecule has 0 amide bonds. The van der Waals surface area contributed by atoms with Gasteiger partial charge in [0.1, 0.15) is 0 Å². The van der Waals surface area contributed by atoms with Gasteiger partial charge in [-0.2, -0.15) is 5.10 Å². The van der Waals surface area contributed by atoms with E-state index < -0.39 is 5.97 Å². The summed E-state index contributed by atoms with van der Waals surface area (Å²) >= 11 is 0. The van der Waals surface area contributed by atoms with Crippen LogP contribution in [0.15, 0.2) is 60.7 Å². The van der Waals surface area contributed by atoms with Gasteiger partial charge in [-0.25, -0.2) is 4.79 Å². The van der Waals surface area contributed by atoms with Gasteiger partial charge < -0.3 is 14.2 Å². The van der Waals surface area contributed by atoms with Crippen LogP contribution in [0, 0.1) is 0 Å². The van der Waals surface area contributed by atoms with E-state index in [-0.39, 0.29) is 18.4 Å². The lowest BCUT2D eigenvalue weighted by Gasteiger charge is -2.05. The second-order valence-corrected chi connectivity index (χ2v) is 5.67. The van der Waals surface area contributed by atoms with Gasteiger partial charge in [-0.1, -0.05) is 42.5 Å². The number of fused-ring (bicyclic) bond motifs is 1. The van der Waals surface area contributed by atoms with Gasteiger partial charge in [-0.3, -0.25) is 5.10 Å². The van der Waals surface area contributed by atoms with Crippen LogP contribution in [-0.4, -0.2) is 23.0 Å². The Morgan fingerprint density at radius 3 is 2.92 bits per heavy atom. The summed E-state index contributed by atoms with van der Waals surface area (Å²) < 4.78 is 14.8. The molecule has 0 aliphatic carbocycles. The lowest BCUT2D eigenvalue weighted by Crippen LogP contribution is -2.05. The van der Waals surface area contributed by atoms with E-state index in [0.29, 0.717) is 0 Å². The number of H-pyrrole nitrogens is 1. The van der Waals surface area contributed by atoms with Gasteiger partial charge in [0.25, 0.3) is 0 Å². The number of aryl methyl sites for hydroxylation is 2. The summed E-state index contributed by atoms with van der Waals surface area (Å²) in [5, 5.41) is 9.37. The molecular weight excluding hydrogens is 320 g/mol. The van der Waals surface area contributed by atoms with Crippen molar-refractivity contribution in [2.24, 2.45) is 0 Å². The molecule has 1 aromatic heterocycles. The lowest BCUT2D eigenvalue weighted by molar-refractivity contribution is 0.0102. The molecule has 3 aromatic rings. The zero-order valence-electron chi connectivity index (χ0n) is 13.4. The number of carbonyl (C=O) groups excluding carboxylic acids is 1. The van der Waals surface area contributed by atoms with Crippen LogP contribution in [0.25, 0.3) is 10.8 Å². The van der Waals surface area contributed by atoms with Crippen LogP contribution < -0.4 is 0 Å². The van der Waals surface area contributed by atoms with E-state index in [1.807, 2.05) is 12.1 Å². The molecular formula is C19H16N2O4. The number of nitrogens with zero attached hydrogens (tertiary/aromatic N) is 1. The van der Waals surface area contributed by atoms with E-state index in [9.17, 15) is 4.79 Å². The largest absolute Gasteiger partial charge is 0.458 e. The Morgan fingerprint density at radius 1 is 1.16 bits per heavy atom. The summed E-state index contributed by atoms with van der Waals surface area (Å²) in [6.07, 6.45) is 2.85. The summed E-state index contributed by atoms with van der Waals surface area (Å²) in [6.45, 7) is 0.0550. The van der Waals surface area contributed by atoms with Crippen LogP contribution in [0.5, 0.6) is 0 Å². The SMILES string of the molecule is O=C(OC1=COCO1)c1cc(CCc2cccc3ccccc23)[nH]n1. The van der Waals surface area contributed by atoms with Crippen molar-refractivity contribution in [3.63, 3.8) is 0 Å². The summed E-state index contributed by atoms with van der Waals surface area (Å²) in [5.41, 5.74) is 2.35. The maximum Gasteiger partial charge on any atom is 0.366 e. The van der Waals surface area contributed by atoms with E-state index in [1.54, 1.807) is 6.07 Å². The average Bonchev–Trinajstić information content (AvgIpc) is 3.31. The maximum atomic E-state index is 12.0. The van der Waals surface area contributed by atoms with Gasteiger partial charge in [0, 0.05) is 5.69 Å². The quantitative estimate of drug-likeness (QED) is 0.724. The normalized spacial score (nSPS) is 13.2. The van der Waals surface area contributed by atoms with Crippen molar-refractivity contribution in [1.82, 2.24) is 10.2 Å². The standard InChI is InChI=1S/C19H16N2O4/c22-19(25-18-11-23-12-24-18)17-10-15(20-21-17)9-8-14-6-3-5-13-4-1-2-7-16(13)14/h1-7,10-11H,8-9,12H2,(H,20,21). The van der Waals surface area contributed by atoms with E-state index in [0.717, 1.165) is 18.5 Å². The Labute approximate surface area is 144 Å². The van der Waals surface area contributed by atoms with Crippen molar-refractivity contribution in [3.8, 4) is 0 Å². The molecule has 2 heterocycles. The number of nitrogens with one attached hydrogen (secondary N) is 1. The predicted molar refractivity (Wildman–Crippen MR) is 90.5 cm³/mol. The zero-order valence-corrected chi connectivity index (χ0v) is 13.4. The summed E-state index contributed by atoms with van der Waals surface area (Å²) in [7, 11) is 0. The molecule has 0 radical (unpaired) electrons. The third-order valence-corrected chi connectivity index (χ3v) is 4.03. The molecule has 1 aliphatic heterocycles. The van der Waals surface area contributed by atoms with Gasteiger partial charge in [0.2, 0.25) is 6.79 Å². The first-order chi connectivity index (χ1) is 12.3. The molecule has 0 unspecified atom stereocenters. The Bertz CT molecular complexity index is 940. The molecule has 0 saturated heterocycles. The second kappa shape index (κ2) is 6.68. The fourth-order valence-corrected chi connectivity index (χ4v) is 2.80. The molecule has 0 spiro atoms. The molecule has 0 saturated carbocycles. The molecule has 0 bridgehead atoms. The molecule has 25 heavy (non-hydrogen) atoms. The van der Waals surface area contributed by atoms with Crippen LogP contribution >= 0.6 is 0 Å². The Kier molecular flexibility index (Phi) is 4.08. The van der Waals surface area contributed by atoms with E-state index in [1.165, 1.54) is 22.6 Å². The summed E-state index contributed by atoms with van der Waals surface area (Å²) in [5.74, 6) is -0.533. The smallest absolute Gasteiger partial charge is 0.366 e. The number of aromatic nitrogens is 2. The van der Waals surface area contributed by atoms with Crippen LogP contribution in [0.2, 0.25) is 0 Å². The molecule has 4 rings (SSSR count). The second-order valence-electron chi connectivity index (χ2n) is 5.67. The highest BCUT2D eigenvalue weighted by molar-refractivity contribution is 5.88. The molecule has 0 atom stereocenters. The molecule has 126 valence electrons. The van der Waals surface area contributed by atoms with Gasteiger partial charge >= 0.3 is 11.9 Å². The van der Waals surface area contributed by atoms with Crippen LogP contribution in [0.3, 0.4) is 0 Å². The summed E-state index contributed by atoms with van der Waals surface area (Å²) in [6, 6.07) is 16.3. The fourth-order valence-electron chi connectivity index (χ4n) is 2.80. The van der Waals surface area contributed by atoms with Crippen molar-refractivity contribution in [2.45, 2.75) is 12.8 Å². The van der Waals surface area contributed by atoms with Gasteiger partial charge in [-0.05, 0) is 35.2 Å². The predicted octanol–water partition coefficient (Wildman–Crippen LogP) is 3.31. The number of rotatable bonds is 5. The van der Waals surface area contributed by atoms with Crippen LogP contribution in [0.1, 0.15) is 21.7 Å². The van der Waals surface area contributed by atoms with E-state index in [2.05, 4.69) is 40.5 Å².